The van der Waals surface area contributed by atoms with Crippen molar-refractivity contribution >= 4 is 10.8 Å². The number of pyridine rings is 1. The van der Waals surface area contributed by atoms with Crippen LogP contribution < -0.4 is 10.3 Å². The Morgan fingerprint density at radius 1 is 1.29 bits per heavy atom. The molecular weight excluding hydrogens is 270 g/mol. The first-order chi connectivity index (χ1) is 10.1. The number of ether oxygens (including phenoxy) is 1. The van der Waals surface area contributed by atoms with Gasteiger partial charge < -0.3 is 19.5 Å². The minimum absolute atomic E-state index is 0.0277. The van der Waals surface area contributed by atoms with Gasteiger partial charge in [-0.25, -0.2) is 0 Å². The molecule has 0 saturated heterocycles. The molecule has 0 unspecified atom stereocenters. The summed E-state index contributed by atoms with van der Waals surface area (Å²) in [7, 11) is 1.48. The van der Waals surface area contributed by atoms with E-state index in [9.17, 15) is 9.90 Å². The second-order valence-electron chi connectivity index (χ2n) is 5.00. The first kappa shape index (κ1) is 15.4. The largest absolute Gasteiger partial charge is 0.504 e. The van der Waals surface area contributed by atoms with Crippen LogP contribution in [0, 0.1) is 0 Å². The molecule has 2 rings (SSSR count). The molecule has 5 heteroatoms. The third-order valence-electron chi connectivity index (χ3n) is 3.56. The highest BCUT2D eigenvalue weighted by Crippen LogP contribution is 2.33. The number of phenols is 1. The topological polar surface area (TPSA) is 71.7 Å². The van der Waals surface area contributed by atoms with Gasteiger partial charge in [0.2, 0.25) is 0 Å². The van der Waals surface area contributed by atoms with Gasteiger partial charge in [-0.3, -0.25) is 4.79 Å². The molecule has 1 heterocycles. The van der Waals surface area contributed by atoms with E-state index in [0.717, 1.165) is 18.5 Å². The Morgan fingerprint density at radius 3 is 2.67 bits per heavy atom. The highest BCUT2D eigenvalue weighted by atomic mass is 16.5. The van der Waals surface area contributed by atoms with Gasteiger partial charge in [-0.15, -0.1) is 0 Å². The molecule has 5 nitrogen and oxygen atoms in total. The Labute approximate surface area is 123 Å². The minimum atomic E-state index is -0.109. The highest BCUT2D eigenvalue weighted by Gasteiger charge is 2.14. The molecule has 0 radical (unpaired) electrons. The number of aromatic nitrogens is 1. The lowest BCUT2D eigenvalue weighted by molar-refractivity contribution is 0.278. The third-order valence-corrected chi connectivity index (χ3v) is 3.56. The monoisotopic (exact) mass is 291 g/mol. The molecular formula is C16H21NO4. The molecule has 0 spiro atoms. The summed E-state index contributed by atoms with van der Waals surface area (Å²) in [5, 5.41) is 20.0. The second-order valence-corrected chi connectivity index (χ2v) is 5.00. The number of phenolic OH excluding ortho intramolecular Hbond substituents is 1. The molecule has 0 aliphatic heterocycles. The van der Waals surface area contributed by atoms with Crippen LogP contribution in [0.2, 0.25) is 0 Å². The number of nitrogens with zero attached hydrogens (tertiary/aromatic N) is 1. The number of methoxy groups -OCH3 is 1. The SMILES string of the molecule is CCCc1cc2c(OC)c(O)ccc2c(=O)n1CCCO. The predicted octanol–water partition coefficient (Wildman–Crippen LogP) is 2.05. The van der Waals surface area contributed by atoms with Crippen molar-refractivity contribution in [1.82, 2.24) is 4.57 Å². The van der Waals surface area contributed by atoms with Crippen LogP contribution in [-0.4, -0.2) is 28.5 Å². The summed E-state index contributed by atoms with van der Waals surface area (Å²) in [5.74, 6) is 0.358. The summed E-state index contributed by atoms with van der Waals surface area (Å²) in [5.41, 5.74) is 0.787. The average molecular weight is 291 g/mol. The number of aliphatic hydroxyl groups excluding tert-OH is 1. The fraction of sp³-hybridized carbons (Fsp3) is 0.438. The fourth-order valence-corrected chi connectivity index (χ4v) is 2.59. The first-order valence-corrected chi connectivity index (χ1v) is 7.17. The number of aliphatic hydroxyl groups is 1. The number of hydrogen-bond donors (Lipinski definition) is 2. The van der Waals surface area contributed by atoms with Crippen LogP contribution in [0.4, 0.5) is 0 Å². The number of benzene rings is 1. The number of aromatic hydroxyl groups is 1. The molecule has 1 aromatic heterocycles. The van der Waals surface area contributed by atoms with Gasteiger partial charge in [0.1, 0.15) is 0 Å². The summed E-state index contributed by atoms with van der Waals surface area (Å²) in [6.07, 6.45) is 2.21. The second kappa shape index (κ2) is 6.63. The molecule has 2 N–H and O–H groups in total. The number of aryl methyl sites for hydroxylation is 1. The van der Waals surface area contributed by atoms with Gasteiger partial charge in [-0.05, 0) is 31.0 Å². The average Bonchev–Trinajstić information content (AvgIpc) is 2.47. The standard InChI is InChI=1S/C16H21NO4/c1-3-5-11-10-13-12(6-7-14(19)15(13)21-2)16(20)17(11)8-4-9-18/h6-7,10,18-19H,3-5,8-9H2,1-2H3. The number of rotatable bonds is 6. The Kier molecular flexibility index (Phi) is 4.85. The van der Waals surface area contributed by atoms with Gasteiger partial charge in [0.15, 0.2) is 11.5 Å². The molecule has 0 bridgehead atoms. The van der Waals surface area contributed by atoms with E-state index in [2.05, 4.69) is 0 Å². The van der Waals surface area contributed by atoms with Crippen LogP contribution in [-0.2, 0) is 13.0 Å². The lowest BCUT2D eigenvalue weighted by atomic mass is 10.1. The molecule has 0 atom stereocenters. The van der Waals surface area contributed by atoms with Gasteiger partial charge in [-0.1, -0.05) is 13.3 Å². The third kappa shape index (κ3) is 2.88. The Morgan fingerprint density at radius 2 is 2.05 bits per heavy atom. The summed E-state index contributed by atoms with van der Waals surface area (Å²) < 4.78 is 6.94. The van der Waals surface area contributed by atoms with Gasteiger partial charge in [0.25, 0.3) is 5.56 Å². The molecule has 0 saturated carbocycles. The normalized spacial score (nSPS) is 11.0. The van der Waals surface area contributed by atoms with Crippen LogP contribution in [0.5, 0.6) is 11.5 Å². The fourth-order valence-electron chi connectivity index (χ4n) is 2.59. The van der Waals surface area contributed by atoms with Crippen molar-refractivity contribution < 1.29 is 14.9 Å². The van der Waals surface area contributed by atoms with E-state index in [1.54, 1.807) is 10.6 Å². The minimum Gasteiger partial charge on any atom is -0.504 e. The van der Waals surface area contributed by atoms with E-state index in [4.69, 9.17) is 9.84 Å². The van der Waals surface area contributed by atoms with E-state index in [0.29, 0.717) is 29.5 Å². The maximum absolute atomic E-state index is 12.7. The van der Waals surface area contributed by atoms with Gasteiger partial charge in [-0.2, -0.15) is 0 Å². The van der Waals surface area contributed by atoms with Gasteiger partial charge in [0, 0.05) is 24.2 Å². The van der Waals surface area contributed by atoms with Gasteiger partial charge >= 0.3 is 0 Å². The molecule has 0 amide bonds. The zero-order valence-electron chi connectivity index (χ0n) is 12.4. The molecule has 0 aliphatic rings. The van der Waals surface area contributed by atoms with E-state index in [-0.39, 0.29) is 17.9 Å². The Bertz CT molecular complexity index is 691. The van der Waals surface area contributed by atoms with Crippen molar-refractivity contribution in [2.45, 2.75) is 32.7 Å². The lowest BCUT2D eigenvalue weighted by Crippen LogP contribution is -2.24. The van der Waals surface area contributed by atoms with Crippen molar-refractivity contribution in [1.29, 1.82) is 0 Å². The highest BCUT2D eigenvalue weighted by molar-refractivity contribution is 5.90. The van der Waals surface area contributed by atoms with Gasteiger partial charge in [0.05, 0.1) is 12.5 Å². The maximum Gasteiger partial charge on any atom is 0.258 e. The summed E-state index contributed by atoms with van der Waals surface area (Å²) in [6.45, 7) is 2.59. The van der Waals surface area contributed by atoms with Crippen LogP contribution in [0.3, 0.4) is 0 Å². The zero-order valence-corrected chi connectivity index (χ0v) is 12.4. The van der Waals surface area contributed by atoms with Crippen LogP contribution in [0.15, 0.2) is 23.0 Å². The first-order valence-electron chi connectivity index (χ1n) is 7.17. The van der Waals surface area contributed by atoms with E-state index < -0.39 is 0 Å². The van der Waals surface area contributed by atoms with Crippen LogP contribution >= 0.6 is 0 Å². The van der Waals surface area contributed by atoms with Crippen LogP contribution in [0.25, 0.3) is 10.8 Å². The molecule has 1 aromatic carbocycles. The quantitative estimate of drug-likeness (QED) is 0.854. The zero-order chi connectivity index (χ0) is 15.4. The predicted molar refractivity (Wildman–Crippen MR) is 82.1 cm³/mol. The number of hydrogen-bond acceptors (Lipinski definition) is 4. The van der Waals surface area contributed by atoms with E-state index >= 15 is 0 Å². The molecule has 21 heavy (non-hydrogen) atoms. The molecule has 114 valence electrons. The Hall–Kier alpha value is -2.01. The van der Waals surface area contributed by atoms with E-state index in [1.807, 2.05) is 13.0 Å². The van der Waals surface area contributed by atoms with Crippen molar-refractivity contribution in [2.75, 3.05) is 13.7 Å². The smallest absolute Gasteiger partial charge is 0.258 e. The summed E-state index contributed by atoms with van der Waals surface area (Å²) >= 11 is 0. The number of fused-ring (bicyclic) bond motifs is 1. The molecule has 2 aromatic rings. The van der Waals surface area contributed by atoms with E-state index in [1.165, 1.54) is 13.2 Å². The molecule has 0 fully saturated rings. The van der Waals surface area contributed by atoms with Crippen molar-refractivity contribution in [3.05, 3.63) is 34.2 Å². The summed E-state index contributed by atoms with van der Waals surface area (Å²) in [6, 6.07) is 4.98. The summed E-state index contributed by atoms with van der Waals surface area (Å²) in [4.78, 5) is 12.7. The maximum atomic E-state index is 12.7. The van der Waals surface area contributed by atoms with Crippen molar-refractivity contribution in [3.63, 3.8) is 0 Å². The Balaban J connectivity index is 2.74. The molecule has 0 aliphatic carbocycles. The van der Waals surface area contributed by atoms with Crippen molar-refractivity contribution in [2.24, 2.45) is 0 Å². The lowest BCUT2D eigenvalue weighted by Gasteiger charge is -2.15. The van der Waals surface area contributed by atoms with Crippen molar-refractivity contribution in [3.8, 4) is 11.5 Å². The van der Waals surface area contributed by atoms with Crippen LogP contribution in [0.1, 0.15) is 25.5 Å².